The minimum absolute atomic E-state index is 0.303. The zero-order valence-corrected chi connectivity index (χ0v) is 16.2. The average Bonchev–Trinajstić information content (AvgIpc) is 2.68. The van der Waals surface area contributed by atoms with E-state index in [9.17, 15) is 10.2 Å². The molecule has 0 bridgehead atoms. The molecule has 0 saturated heterocycles. The molecule has 4 rings (SSSR count). The number of rotatable bonds is 3. The van der Waals surface area contributed by atoms with E-state index in [2.05, 4.69) is 24.3 Å². The predicted octanol–water partition coefficient (Wildman–Crippen LogP) is 4.63. The number of benzene rings is 4. The van der Waals surface area contributed by atoms with E-state index in [-0.39, 0.29) is 0 Å². The lowest BCUT2D eigenvalue weighted by Gasteiger charge is -2.24. The van der Waals surface area contributed by atoms with Crippen molar-refractivity contribution >= 4 is 34.6 Å². The van der Waals surface area contributed by atoms with Gasteiger partial charge in [0.25, 0.3) is 0 Å². The molecule has 0 aliphatic heterocycles. The van der Waals surface area contributed by atoms with Gasteiger partial charge in [-0.3, -0.25) is 0 Å². The van der Waals surface area contributed by atoms with Gasteiger partial charge in [-0.25, -0.2) is 0 Å². The van der Waals surface area contributed by atoms with Gasteiger partial charge < -0.3 is 10.2 Å². The molecule has 2 N–H and O–H groups in total. The SMILES string of the molecule is Cc1cccc(P(c2cccc(C)c2O)c2cccc3ccccc23)c1O. The molecule has 4 aromatic carbocycles. The maximum atomic E-state index is 10.9. The van der Waals surface area contributed by atoms with E-state index in [1.54, 1.807) is 0 Å². The van der Waals surface area contributed by atoms with Crippen molar-refractivity contribution < 1.29 is 10.2 Å². The molecule has 0 fully saturated rings. The first-order chi connectivity index (χ1) is 13.1. The summed E-state index contributed by atoms with van der Waals surface area (Å²) in [5.41, 5.74) is 1.68. The van der Waals surface area contributed by atoms with Gasteiger partial charge >= 0.3 is 0 Å². The zero-order chi connectivity index (χ0) is 19.0. The fourth-order valence-corrected chi connectivity index (χ4v) is 6.15. The first kappa shape index (κ1) is 17.6. The summed E-state index contributed by atoms with van der Waals surface area (Å²) >= 11 is 0. The summed E-state index contributed by atoms with van der Waals surface area (Å²) in [5, 5.41) is 26.9. The summed E-state index contributed by atoms with van der Waals surface area (Å²) in [5.74, 6) is 0.606. The zero-order valence-electron chi connectivity index (χ0n) is 15.3. The van der Waals surface area contributed by atoms with Crippen LogP contribution < -0.4 is 15.9 Å². The van der Waals surface area contributed by atoms with Gasteiger partial charge in [0.2, 0.25) is 0 Å². The molecule has 0 aliphatic carbocycles. The Morgan fingerprint density at radius 1 is 0.556 bits per heavy atom. The van der Waals surface area contributed by atoms with Gasteiger partial charge in [-0.05, 0) is 49.0 Å². The van der Waals surface area contributed by atoms with Crippen molar-refractivity contribution in [2.24, 2.45) is 0 Å². The number of hydrogen-bond donors (Lipinski definition) is 2. The molecule has 0 spiro atoms. The van der Waals surface area contributed by atoms with Gasteiger partial charge in [0, 0.05) is 10.6 Å². The van der Waals surface area contributed by atoms with E-state index in [4.69, 9.17) is 0 Å². The Morgan fingerprint density at radius 2 is 1.04 bits per heavy atom. The molecular weight excluding hydrogens is 351 g/mol. The molecule has 4 aromatic rings. The summed E-state index contributed by atoms with van der Waals surface area (Å²) in [6, 6.07) is 26.2. The molecule has 0 heterocycles. The fourth-order valence-electron chi connectivity index (χ4n) is 3.44. The third-order valence-electron chi connectivity index (χ3n) is 4.92. The predicted molar refractivity (Wildman–Crippen MR) is 115 cm³/mol. The van der Waals surface area contributed by atoms with Gasteiger partial charge in [-0.1, -0.05) is 78.9 Å². The molecule has 27 heavy (non-hydrogen) atoms. The van der Waals surface area contributed by atoms with Crippen LogP contribution in [-0.4, -0.2) is 10.2 Å². The van der Waals surface area contributed by atoms with Crippen molar-refractivity contribution in [1.82, 2.24) is 0 Å². The molecule has 0 atom stereocenters. The van der Waals surface area contributed by atoms with E-state index >= 15 is 0 Å². The summed E-state index contributed by atoms with van der Waals surface area (Å²) in [7, 11) is -1.12. The number of hydrogen-bond acceptors (Lipinski definition) is 2. The maximum Gasteiger partial charge on any atom is 0.126 e. The van der Waals surface area contributed by atoms with Crippen LogP contribution in [0.15, 0.2) is 78.9 Å². The van der Waals surface area contributed by atoms with E-state index in [1.165, 1.54) is 0 Å². The van der Waals surface area contributed by atoms with Crippen LogP contribution in [0.1, 0.15) is 11.1 Å². The van der Waals surface area contributed by atoms with E-state index in [0.29, 0.717) is 11.5 Å². The molecule has 0 aromatic heterocycles. The van der Waals surface area contributed by atoms with Crippen molar-refractivity contribution in [3.05, 3.63) is 90.0 Å². The van der Waals surface area contributed by atoms with E-state index in [1.807, 2.05) is 68.4 Å². The highest BCUT2D eigenvalue weighted by Crippen LogP contribution is 2.42. The van der Waals surface area contributed by atoms with Crippen molar-refractivity contribution in [3.8, 4) is 11.5 Å². The minimum Gasteiger partial charge on any atom is -0.507 e. The quantitative estimate of drug-likeness (QED) is 0.515. The van der Waals surface area contributed by atoms with Crippen LogP contribution in [0.2, 0.25) is 0 Å². The topological polar surface area (TPSA) is 40.5 Å². The molecule has 134 valence electrons. The van der Waals surface area contributed by atoms with Crippen molar-refractivity contribution in [3.63, 3.8) is 0 Å². The third-order valence-corrected chi connectivity index (χ3v) is 7.48. The van der Waals surface area contributed by atoms with Gasteiger partial charge in [0.05, 0.1) is 0 Å². The van der Waals surface area contributed by atoms with Crippen LogP contribution in [0.25, 0.3) is 10.8 Å². The van der Waals surface area contributed by atoms with Gasteiger partial charge in [0.1, 0.15) is 11.5 Å². The molecule has 0 aliphatic rings. The van der Waals surface area contributed by atoms with E-state index < -0.39 is 7.92 Å². The Hall–Kier alpha value is -2.83. The second-order valence-electron chi connectivity index (χ2n) is 6.72. The first-order valence-corrected chi connectivity index (χ1v) is 10.3. The summed E-state index contributed by atoms with van der Waals surface area (Å²) in [6.45, 7) is 3.82. The van der Waals surface area contributed by atoms with Crippen LogP contribution in [0.4, 0.5) is 0 Å². The van der Waals surface area contributed by atoms with Gasteiger partial charge in [0.15, 0.2) is 0 Å². The van der Waals surface area contributed by atoms with Crippen molar-refractivity contribution in [2.45, 2.75) is 13.8 Å². The smallest absolute Gasteiger partial charge is 0.126 e. The molecule has 2 nitrogen and oxygen atoms in total. The number of fused-ring (bicyclic) bond motifs is 1. The number of aryl methyl sites for hydroxylation is 2. The lowest BCUT2D eigenvalue weighted by Crippen LogP contribution is -2.22. The second-order valence-corrected chi connectivity index (χ2v) is 8.84. The van der Waals surface area contributed by atoms with Crippen LogP contribution >= 0.6 is 7.92 Å². The highest BCUT2D eigenvalue weighted by Gasteiger charge is 2.25. The number of phenols is 2. The third kappa shape index (κ3) is 3.07. The Bertz CT molecular complexity index is 1080. The Labute approximate surface area is 160 Å². The maximum absolute atomic E-state index is 10.9. The van der Waals surface area contributed by atoms with Crippen LogP contribution in [0, 0.1) is 13.8 Å². The van der Waals surface area contributed by atoms with Crippen LogP contribution in [0.3, 0.4) is 0 Å². The second kappa shape index (κ2) is 7.06. The van der Waals surface area contributed by atoms with Crippen LogP contribution in [-0.2, 0) is 0 Å². The number of aromatic hydroxyl groups is 2. The number of para-hydroxylation sites is 2. The van der Waals surface area contributed by atoms with Crippen molar-refractivity contribution in [2.75, 3.05) is 0 Å². The number of phenolic OH excluding ortho intramolecular Hbond substituents is 2. The fraction of sp³-hybridized carbons (Fsp3) is 0.0833. The highest BCUT2D eigenvalue weighted by molar-refractivity contribution is 7.80. The average molecular weight is 372 g/mol. The summed E-state index contributed by atoms with van der Waals surface area (Å²) < 4.78 is 0. The largest absolute Gasteiger partial charge is 0.507 e. The molecule has 0 amide bonds. The summed E-state index contributed by atoms with van der Waals surface area (Å²) in [6.07, 6.45) is 0. The van der Waals surface area contributed by atoms with Gasteiger partial charge in [-0.15, -0.1) is 0 Å². The van der Waals surface area contributed by atoms with E-state index in [0.717, 1.165) is 37.8 Å². The molecule has 0 radical (unpaired) electrons. The molecule has 3 heteroatoms. The Balaban J connectivity index is 2.08. The molecular formula is C24H21O2P. The monoisotopic (exact) mass is 372 g/mol. The summed E-state index contributed by atoms with van der Waals surface area (Å²) in [4.78, 5) is 0. The van der Waals surface area contributed by atoms with Crippen LogP contribution in [0.5, 0.6) is 11.5 Å². The lowest BCUT2D eigenvalue weighted by molar-refractivity contribution is 0.475. The molecule has 0 unspecified atom stereocenters. The normalized spacial score (nSPS) is 11.2. The van der Waals surface area contributed by atoms with Crippen molar-refractivity contribution in [1.29, 1.82) is 0 Å². The first-order valence-electron chi connectivity index (χ1n) is 8.93. The lowest BCUT2D eigenvalue weighted by atomic mass is 10.1. The Morgan fingerprint density at radius 3 is 1.67 bits per heavy atom. The molecule has 0 saturated carbocycles. The Kier molecular flexibility index (Phi) is 4.59. The highest BCUT2D eigenvalue weighted by atomic mass is 31.1. The standard InChI is InChI=1S/C24H21O2P/c1-16-8-5-14-21(23(16)25)27(22-15-6-9-17(2)24(22)26)20-13-7-11-18-10-3-4-12-19(18)20/h3-15,25-26H,1-2H3. The minimum atomic E-state index is -1.12. The van der Waals surface area contributed by atoms with Gasteiger partial charge in [-0.2, -0.15) is 0 Å².